The minimum Gasteiger partial charge on any atom is -0.296 e. The van der Waals surface area contributed by atoms with E-state index < -0.39 is 10.0 Å². The summed E-state index contributed by atoms with van der Waals surface area (Å²) in [5.74, 6) is 0. The van der Waals surface area contributed by atoms with Gasteiger partial charge in [-0.25, -0.2) is 8.42 Å². The fourth-order valence-electron chi connectivity index (χ4n) is 2.62. The predicted molar refractivity (Wildman–Crippen MR) is 96.8 cm³/mol. The van der Waals surface area contributed by atoms with E-state index in [1.807, 2.05) is 0 Å². The molecule has 0 bridgehead atoms. The summed E-state index contributed by atoms with van der Waals surface area (Å²) in [6.45, 7) is 5.64. The number of halogens is 1. The number of hydrogen-bond donors (Lipinski definition) is 0. The lowest BCUT2D eigenvalue weighted by molar-refractivity contribution is 0.182. The highest BCUT2D eigenvalue weighted by Crippen LogP contribution is 2.22. The minimum absolute atomic E-state index is 0. The van der Waals surface area contributed by atoms with Crippen LogP contribution < -0.4 is 0 Å². The smallest absolute Gasteiger partial charge is 0.252 e. The van der Waals surface area contributed by atoms with E-state index in [0.717, 1.165) is 19.6 Å². The average molecular weight is 373 g/mol. The van der Waals surface area contributed by atoms with E-state index in [1.54, 1.807) is 21.8 Å². The first-order valence-electron chi connectivity index (χ1n) is 7.37. The van der Waals surface area contributed by atoms with Gasteiger partial charge in [0.2, 0.25) is 0 Å². The Labute approximate surface area is 148 Å². The Bertz CT molecular complexity index is 707. The van der Waals surface area contributed by atoms with Gasteiger partial charge in [-0.2, -0.15) is 4.31 Å². The van der Waals surface area contributed by atoms with E-state index in [1.165, 1.54) is 22.5 Å². The predicted octanol–water partition coefficient (Wildman–Crippen LogP) is 2.98. The molecule has 1 aliphatic heterocycles. The Hall–Kier alpha value is -0.920. The van der Waals surface area contributed by atoms with Gasteiger partial charge in [-0.05, 0) is 23.9 Å². The number of sulfonamides is 1. The second-order valence-corrected chi connectivity index (χ2v) is 8.71. The number of hydrogen-bond acceptors (Lipinski definition) is 4. The van der Waals surface area contributed by atoms with Crippen LogP contribution in [0.1, 0.15) is 11.1 Å². The molecular formula is C16H21ClN2O2S2. The normalized spacial score (nSPS) is 16.9. The van der Waals surface area contributed by atoms with Crippen molar-refractivity contribution in [3.05, 3.63) is 52.9 Å². The van der Waals surface area contributed by atoms with E-state index in [4.69, 9.17) is 0 Å². The molecule has 0 spiro atoms. The molecular weight excluding hydrogens is 352 g/mol. The lowest BCUT2D eigenvalue weighted by Crippen LogP contribution is -2.48. The van der Waals surface area contributed by atoms with Gasteiger partial charge in [-0.15, -0.1) is 23.7 Å². The fraction of sp³-hybridized carbons (Fsp3) is 0.375. The molecule has 1 aromatic heterocycles. The summed E-state index contributed by atoms with van der Waals surface area (Å²) in [4.78, 5) is 2.31. The summed E-state index contributed by atoms with van der Waals surface area (Å²) < 4.78 is 27.0. The fourth-order valence-corrected chi connectivity index (χ4v) is 5.18. The molecule has 1 fully saturated rings. The zero-order valence-corrected chi connectivity index (χ0v) is 15.5. The Morgan fingerprint density at radius 3 is 2.26 bits per heavy atom. The van der Waals surface area contributed by atoms with E-state index in [-0.39, 0.29) is 12.4 Å². The van der Waals surface area contributed by atoms with Crippen molar-refractivity contribution in [2.75, 3.05) is 26.2 Å². The van der Waals surface area contributed by atoms with E-state index >= 15 is 0 Å². The number of thiophene rings is 1. The minimum atomic E-state index is -3.30. The van der Waals surface area contributed by atoms with Crippen LogP contribution in [0.4, 0.5) is 0 Å². The zero-order chi connectivity index (χ0) is 15.6. The van der Waals surface area contributed by atoms with Crippen LogP contribution in [0.15, 0.2) is 46.0 Å². The summed E-state index contributed by atoms with van der Waals surface area (Å²) in [6, 6.07) is 12.0. The molecule has 0 aliphatic carbocycles. The summed E-state index contributed by atoms with van der Waals surface area (Å²) >= 11 is 1.29. The van der Waals surface area contributed by atoms with E-state index in [2.05, 4.69) is 36.1 Å². The monoisotopic (exact) mass is 372 g/mol. The van der Waals surface area contributed by atoms with Crippen molar-refractivity contribution >= 4 is 33.8 Å². The van der Waals surface area contributed by atoms with E-state index in [0.29, 0.717) is 17.3 Å². The van der Waals surface area contributed by atoms with Crippen LogP contribution in [-0.2, 0) is 16.6 Å². The summed E-state index contributed by atoms with van der Waals surface area (Å²) in [5.41, 5.74) is 2.54. The molecule has 7 heteroatoms. The van der Waals surface area contributed by atoms with Crippen molar-refractivity contribution in [3.63, 3.8) is 0 Å². The maximum atomic E-state index is 12.5. The van der Waals surface area contributed by atoms with Gasteiger partial charge in [0.25, 0.3) is 10.0 Å². The Morgan fingerprint density at radius 2 is 1.70 bits per heavy atom. The van der Waals surface area contributed by atoms with Crippen LogP contribution >= 0.6 is 23.7 Å². The van der Waals surface area contributed by atoms with Crippen LogP contribution in [0.2, 0.25) is 0 Å². The molecule has 0 atom stereocenters. The average Bonchev–Trinajstić information content (AvgIpc) is 3.05. The van der Waals surface area contributed by atoms with Crippen LogP contribution in [0, 0.1) is 6.92 Å². The molecule has 0 N–H and O–H groups in total. The Kier molecular flexibility index (Phi) is 6.22. The third-order valence-corrected chi connectivity index (χ3v) is 7.22. The molecule has 1 saturated heterocycles. The van der Waals surface area contributed by atoms with Crippen LogP contribution in [0.3, 0.4) is 0 Å². The van der Waals surface area contributed by atoms with Crippen molar-refractivity contribution in [1.29, 1.82) is 0 Å². The van der Waals surface area contributed by atoms with Gasteiger partial charge in [0.1, 0.15) is 4.21 Å². The van der Waals surface area contributed by atoms with Gasteiger partial charge >= 0.3 is 0 Å². The first kappa shape index (κ1) is 18.4. The maximum absolute atomic E-state index is 12.5. The van der Waals surface area contributed by atoms with Gasteiger partial charge in [0.05, 0.1) is 0 Å². The highest BCUT2D eigenvalue weighted by molar-refractivity contribution is 7.91. The maximum Gasteiger partial charge on any atom is 0.252 e. The molecule has 126 valence electrons. The molecule has 23 heavy (non-hydrogen) atoms. The second-order valence-electron chi connectivity index (χ2n) is 5.60. The second kappa shape index (κ2) is 7.77. The first-order chi connectivity index (χ1) is 10.6. The van der Waals surface area contributed by atoms with Gasteiger partial charge in [-0.3, -0.25) is 4.90 Å². The summed E-state index contributed by atoms with van der Waals surface area (Å²) in [6.07, 6.45) is 0. The number of rotatable bonds is 4. The van der Waals surface area contributed by atoms with Crippen molar-refractivity contribution in [1.82, 2.24) is 9.21 Å². The third kappa shape index (κ3) is 4.33. The van der Waals surface area contributed by atoms with Crippen LogP contribution in [0.25, 0.3) is 0 Å². The molecule has 2 heterocycles. The molecule has 3 rings (SSSR count). The molecule has 1 aliphatic rings. The van der Waals surface area contributed by atoms with Crippen LogP contribution in [-0.4, -0.2) is 43.8 Å². The summed E-state index contributed by atoms with van der Waals surface area (Å²) in [5, 5.41) is 1.81. The van der Waals surface area contributed by atoms with Crippen LogP contribution in [0.5, 0.6) is 0 Å². The number of nitrogens with zero attached hydrogens (tertiary/aromatic N) is 2. The molecule has 1 aromatic carbocycles. The lowest BCUT2D eigenvalue weighted by Gasteiger charge is -2.33. The number of benzene rings is 1. The molecule has 2 aromatic rings. The number of piperazine rings is 1. The molecule has 0 saturated carbocycles. The zero-order valence-electron chi connectivity index (χ0n) is 13.0. The Balaban J connectivity index is 0.00000192. The summed E-state index contributed by atoms with van der Waals surface area (Å²) in [7, 11) is -3.30. The number of aryl methyl sites for hydroxylation is 1. The van der Waals surface area contributed by atoms with Gasteiger partial charge in [-0.1, -0.05) is 35.9 Å². The quantitative estimate of drug-likeness (QED) is 0.828. The van der Waals surface area contributed by atoms with Crippen molar-refractivity contribution in [3.8, 4) is 0 Å². The van der Waals surface area contributed by atoms with Crippen molar-refractivity contribution < 1.29 is 8.42 Å². The van der Waals surface area contributed by atoms with Crippen molar-refractivity contribution in [2.45, 2.75) is 17.7 Å². The molecule has 0 amide bonds. The highest BCUT2D eigenvalue weighted by Gasteiger charge is 2.28. The standard InChI is InChI=1S/C16H20N2O2S2.ClH/c1-14-4-6-15(7-5-14)13-17-8-10-18(11-9-17)22(19,20)16-3-2-12-21-16;/h2-7,12H,8-11,13H2,1H3;1H. The third-order valence-electron chi connectivity index (χ3n) is 3.95. The first-order valence-corrected chi connectivity index (χ1v) is 9.69. The topological polar surface area (TPSA) is 40.6 Å². The SMILES string of the molecule is Cc1ccc(CN2CCN(S(=O)(=O)c3cccs3)CC2)cc1.Cl. The van der Waals surface area contributed by atoms with E-state index in [9.17, 15) is 8.42 Å². The van der Waals surface area contributed by atoms with Gasteiger partial charge in [0.15, 0.2) is 0 Å². The highest BCUT2D eigenvalue weighted by atomic mass is 35.5. The van der Waals surface area contributed by atoms with Gasteiger partial charge in [0, 0.05) is 32.7 Å². The molecule has 0 unspecified atom stereocenters. The van der Waals surface area contributed by atoms with Gasteiger partial charge < -0.3 is 0 Å². The largest absolute Gasteiger partial charge is 0.296 e. The lowest BCUT2D eigenvalue weighted by atomic mass is 10.1. The molecule has 4 nitrogen and oxygen atoms in total. The van der Waals surface area contributed by atoms with Crippen molar-refractivity contribution in [2.24, 2.45) is 0 Å². The Morgan fingerprint density at radius 1 is 1.04 bits per heavy atom. The molecule has 0 radical (unpaired) electrons.